The fourth-order valence-electron chi connectivity index (χ4n) is 2.15. The van der Waals surface area contributed by atoms with Crippen molar-refractivity contribution >= 4 is 23.3 Å². The van der Waals surface area contributed by atoms with Gasteiger partial charge in [0.25, 0.3) is 11.6 Å². The lowest BCUT2D eigenvalue weighted by molar-refractivity contribution is -0.384. The number of nitrogens with zero attached hydrogens (tertiary/aromatic N) is 1. The minimum absolute atomic E-state index is 0.101. The smallest absolute Gasteiger partial charge is 0.338 e. The number of non-ortho nitro benzene ring substituents is 1. The van der Waals surface area contributed by atoms with Crippen molar-refractivity contribution in [2.45, 2.75) is 13.0 Å². The van der Waals surface area contributed by atoms with E-state index >= 15 is 0 Å². The summed E-state index contributed by atoms with van der Waals surface area (Å²) in [5.41, 5.74) is 0.140. The van der Waals surface area contributed by atoms with Gasteiger partial charge in [0.15, 0.2) is 6.10 Å². The molecule has 0 heterocycles. The van der Waals surface area contributed by atoms with Gasteiger partial charge in [-0.05, 0) is 37.3 Å². The highest BCUT2D eigenvalue weighted by Crippen LogP contribution is 2.29. The van der Waals surface area contributed by atoms with Crippen LogP contribution in [-0.2, 0) is 9.53 Å². The van der Waals surface area contributed by atoms with E-state index in [4.69, 9.17) is 14.2 Å². The molecule has 0 saturated heterocycles. The van der Waals surface area contributed by atoms with E-state index in [9.17, 15) is 19.7 Å². The van der Waals surface area contributed by atoms with Crippen LogP contribution in [0.4, 0.5) is 11.4 Å². The number of nitrogens with one attached hydrogen (secondary N) is 1. The third-order valence-electron chi connectivity index (χ3n) is 3.63. The van der Waals surface area contributed by atoms with Crippen LogP contribution < -0.4 is 14.8 Å². The normalized spacial score (nSPS) is 11.2. The molecule has 1 atom stereocenters. The van der Waals surface area contributed by atoms with Crippen molar-refractivity contribution in [2.75, 3.05) is 19.5 Å². The van der Waals surface area contributed by atoms with E-state index in [0.717, 1.165) is 6.07 Å². The average Bonchev–Trinajstić information content (AvgIpc) is 2.67. The third-order valence-corrected chi connectivity index (χ3v) is 3.63. The maximum atomic E-state index is 12.3. The molecular formula is C18H18N2O7. The van der Waals surface area contributed by atoms with Crippen molar-refractivity contribution in [1.82, 2.24) is 0 Å². The molecule has 1 N–H and O–H groups in total. The fraction of sp³-hybridized carbons (Fsp3) is 0.222. The molecular weight excluding hydrogens is 356 g/mol. The highest BCUT2D eigenvalue weighted by Gasteiger charge is 2.21. The van der Waals surface area contributed by atoms with Crippen molar-refractivity contribution < 1.29 is 28.7 Å². The number of anilines is 1. The second-order valence-electron chi connectivity index (χ2n) is 5.41. The van der Waals surface area contributed by atoms with E-state index < -0.39 is 22.9 Å². The number of hydrogen-bond acceptors (Lipinski definition) is 7. The molecule has 27 heavy (non-hydrogen) atoms. The van der Waals surface area contributed by atoms with E-state index in [0.29, 0.717) is 5.75 Å². The van der Waals surface area contributed by atoms with Crippen LogP contribution in [-0.4, -0.2) is 37.1 Å². The molecule has 1 amide bonds. The molecule has 0 radical (unpaired) electrons. The van der Waals surface area contributed by atoms with Gasteiger partial charge >= 0.3 is 5.97 Å². The number of nitro benzene ring substituents is 1. The number of nitro groups is 1. The number of amides is 1. The summed E-state index contributed by atoms with van der Waals surface area (Å²) in [7, 11) is 2.87. The number of methoxy groups -OCH3 is 2. The van der Waals surface area contributed by atoms with Crippen LogP contribution in [0.3, 0.4) is 0 Å². The molecule has 0 aliphatic heterocycles. The SMILES string of the molecule is COc1ccc(C(=O)O[C@@H](C)C(=O)Nc2cc([N+](=O)[O-])ccc2OC)cc1. The number of carbonyl (C=O) groups excluding carboxylic acids is 2. The Kier molecular flexibility index (Phi) is 6.32. The summed E-state index contributed by atoms with van der Waals surface area (Å²) in [5.74, 6) is -0.528. The second kappa shape index (κ2) is 8.65. The molecule has 9 heteroatoms. The summed E-state index contributed by atoms with van der Waals surface area (Å²) in [6.45, 7) is 1.39. The molecule has 9 nitrogen and oxygen atoms in total. The number of carbonyl (C=O) groups is 2. The molecule has 0 aliphatic rings. The zero-order chi connectivity index (χ0) is 20.0. The zero-order valence-corrected chi connectivity index (χ0v) is 14.9. The van der Waals surface area contributed by atoms with Crippen LogP contribution in [0.15, 0.2) is 42.5 Å². The molecule has 0 saturated carbocycles. The van der Waals surface area contributed by atoms with Crippen molar-refractivity contribution in [3.05, 3.63) is 58.1 Å². The van der Waals surface area contributed by atoms with Gasteiger partial charge < -0.3 is 19.5 Å². The van der Waals surface area contributed by atoms with E-state index in [1.807, 2.05) is 0 Å². The van der Waals surface area contributed by atoms with Crippen molar-refractivity contribution in [1.29, 1.82) is 0 Å². The minimum Gasteiger partial charge on any atom is -0.497 e. The molecule has 2 aromatic rings. The highest BCUT2D eigenvalue weighted by molar-refractivity contribution is 5.98. The van der Waals surface area contributed by atoms with Gasteiger partial charge in [-0.2, -0.15) is 0 Å². The maximum Gasteiger partial charge on any atom is 0.338 e. The Morgan fingerprint density at radius 1 is 1.07 bits per heavy atom. The Hall–Kier alpha value is -3.62. The average molecular weight is 374 g/mol. The maximum absolute atomic E-state index is 12.3. The standard InChI is InChI=1S/C18H18N2O7/c1-11(27-18(22)12-4-7-14(25-2)8-5-12)17(21)19-15-10-13(20(23)24)6-9-16(15)26-3/h4-11H,1-3H3,(H,19,21)/t11-/m0/s1. The lowest BCUT2D eigenvalue weighted by Crippen LogP contribution is -2.30. The summed E-state index contributed by atoms with van der Waals surface area (Å²) in [6, 6.07) is 9.98. The van der Waals surface area contributed by atoms with E-state index in [1.165, 1.54) is 45.4 Å². The number of rotatable bonds is 7. The zero-order valence-electron chi connectivity index (χ0n) is 14.9. The number of esters is 1. The largest absolute Gasteiger partial charge is 0.497 e. The predicted octanol–water partition coefficient (Wildman–Crippen LogP) is 2.80. The second-order valence-corrected chi connectivity index (χ2v) is 5.41. The van der Waals surface area contributed by atoms with Gasteiger partial charge in [-0.15, -0.1) is 0 Å². The molecule has 0 aliphatic carbocycles. The van der Waals surface area contributed by atoms with Crippen LogP contribution in [0.1, 0.15) is 17.3 Å². The fourth-order valence-corrected chi connectivity index (χ4v) is 2.15. The monoisotopic (exact) mass is 374 g/mol. The van der Waals surface area contributed by atoms with Crippen LogP contribution in [0.2, 0.25) is 0 Å². The van der Waals surface area contributed by atoms with Gasteiger partial charge in [-0.1, -0.05) is 0 Å². The summed E-state index contributed by atoms with van der Waals surface area (Å²) >= 11 is 0. The number of benzene rings is 2. The third kappa shape index (κ3) is 4.94. The van der Waals surface area contributed by atoms with Crippen LogP contribution in [0, 0.1) is 10.1 Å². The molecule has 2 rings (SSSR count). The first-order chi connectivity index (χ1) is 12.8. The summed E-state index contributed by atoms with van der Waals surface area (Å²) in [5, 5.41) is 13.4. The Labute approximate surface area is 155 Å². The van der Waals surface area contributed by atoms with Gasteiger partial charge in [-0.3, -0.25) is 14.9 Å². The molecule has 2 aromatic carbocycles. The van der Waals surface area contributed by atoms with Gasteiger partial charge in [0.05, 0.1) is 30.4 Å². The predicted molar refractivity (Wildman–Crippen MR) is 96.1 cm³/mol. The molecule has 142 valence electrons. The first kappa shape index (κ1) is 19.7. The number of hydrogen-bond donors (Lipinski definition) is 1. The molecule has 0 bridgehead atoms. The quantitative estimate of drug-likeness (QED) is 0.450. The Balaban J connectivity index is 2.07. The van der Waals surface area contributed by atoms with Gasteiger partial charge in [0.1, 0.15) is 11.5 Å². The first-order valence-electron chi connectivity index (χ1n) is 7.84. The van der Waals surface area contributed by atoms with Crippen LogP contribution in [0.5, 0.6) is 11.5 Å². The van der Waals surface area contributed by atoms with E-state index in [2.05, 4.69) is 5.32 Å². The molecule has 0 unspecified atom stereocenters. The summed E-state index contributed by atoms with van der Waals surface area (Å²) in [6.07, 6.45) is -1.14. The minimum atomic E-state index is -1.14. The van der Waals surface area contributed by atoms with Crippen LogP contribution in [0.25, 0.3) is 0 Å². The van der Waals surface area contributed by atoms with Crippen molar-refractivity contribution in [3.8, 4) is 11.5 Å². The molecule has 0 fully saturated rings. The molecule has 0 spiro atoms. The van der Waals surface area contributed by atoms with Gasteiger partial charge in [-0.25, -0.2) is 4.79 Å². The lowest BCUT2D eigenvalue weighted by atomic mass is 10.2. The highest BCUT2D eigenvalue weighted by atomic mass is 16.6. The molecule has 0 aromatic heterocycles. The van der Waals surface area contributed by atoms with E-state index in [1.54, 1.807) is 12.1 Å². The Morgan fingerprint density at radius 3 is 2.30 bits per heavy atom. The first-order valence-corrected chi connectivity index (χ1v) is 7.84. The van der Waals surface area contributed by atoms with E-state index in [-0.39, 0.29) is 22.7 Å². The van der Waals surface area contributed by atoms with Crippen molar-refractivity contribution in [2.24, 2.45) is 0 Å². The lowest BCUT2D eigenvalue weighted by Gasteiger charge is -2.15. The topological polar surface area (TPSA) is 117 Å². The summed E-state index contributed by atoms with van der Waals surface area (Å²) in [4.78, 5) is 34.7. The van der Waals surface area contributed by atoms with Crippen LogP contribution >= 0.6 is 0 Å². The Bertz CT molecular complexity index is 849. The van der Waals surface area contributed by atoms with Gasteiger partial charge in [0.2, 0.25) is 0 Å². The van der Waals surface area contributed by atoms with Crippen molar-refractivity contribution in [3.63, 3.8) is 0 Å². The Morgan fingerprint density at radius 2 is 1.74 bits per heavy atom. The van der Waals surface area contributed by atoms with Gasteiger partial charge in [0, 0.05) is 12.1 Å². The summed E-state index contributed by atoms with van der Waals surface area (Å²) < 4.78 is 15.2. The number of ether oxygens (including phenoxy) is 3.